The maximum absolute atomic E-state index is 12.8. The maximum atomic E-state index is 12.8. The van der Waals surface area contributed by atoms with Gasteiger partial charge in [-0.25, -0.2) is 14.3 Å². The standard InChI is InChI=1S/C21H20N4O3/c26-21(28-12-15-5-2-1-3-6-15)25-17-9-16(10-18(25)14-27-13-17)19-11-23-24-8-4-7-22-20(19)24/h1-9,11,17-18H,10,12-14H2. The molecule has 5 rings (SSSR count). The molecule has 2 aliphatic heterocycles. The average Bonchev–Trinajstić information content (AvgIpc) is 3.16. The number of aromatic nitrogens is 3. The van der Waals surface area contributed by atoms with E-state index < -0.39 is 0 Å². The number of amides is 1. The Labute approximate surface area is 162 Å². The molecular formula is C21H20N4O3. The van der Waals surface area contributed by atoms with Crippen LogP contribution in [0.15, 0.2) is 61.1 Å². The molecule has 2 atom stereocenters. The van der Waals surface area contributed by atoms with E-state index >= 15 is 0 Å². The third-order valence-corrected chi connectivity index (χ3v) is 5.24. The van der Waals surface area contributed by atoms with Crippen molar-refractivity contribution in [2.45, 2.75) is 25.1 Å². The zero-order valence-corrected chi connectivity index (χ0v) is 15.3. The molecule has 1 amide bonds. The topological polar surface area (TPSA) is 69.0 Å². The number of fused-ring (bicyclic) bond motifs is 3. The van der Waals surface area contributed by atoms with Gasteiger partial charge in [0.05, 0.1) is 31.5 Å². The van der Waals surface area contributed by atoms with Gasteiger partial charge in [-0.3, -0.25) is 4.90 Å². The number of hydrogen-bond donors (Lipinski definition) is 0. The van der Waals surface area contributed by atoms with Crippen molar-refractivity contribution in [3.63, 3.8) is 0 Å². The van der Waals surface area contributed by atoms with Crippen LogP contribution in [0.5, 0.6) is 0 Å². The van der Waals surface area contributed by atoms with Crippen molar-refractivity contribution in [1.29, 1.82) is 0 Å². The minimum absolute atomic E-state index is 0.0549. The van der Waals surface area contributed by atoms with E-state index in [4.69, 9.17) is 9.47 Å². The van der Waals surface area contributed by atoms with E-state index in [2.05, 4.69) is 16.2 Å². The number of morpholine rings is 1. The van der Waals surface area contributed by atoms with Crippen molar-refractivity contribution in [2.75, 3.05) is 13.2 Å². The third kappa shape index (κ3) is 3.03. The van der Waals surface area contributed by atoms with E-state index in [1.165, 1.54) is 0 Å². The Morgan fingerprint density at radius 2 is 2.11 bits per heavy atom. The van der Waals surface area contributed by atoms with Gasteiger partial charge in [-0.05, 0) is 23.6 Å². The highest BCUT2D eigenvalue weighted by molar-refractivity contribution is 5.79. The van der Waals surface area contributed by atoms with Crippen LogP contribution in [0.1, 0.15) is 17.5 Å². The van der Waals surface area contributed by atoms with Crippen molar-refractivity contribution in [3.05, 3.63) is 72.2 Å². The van der Waals surface area contributed by atoms with Crippen molar-refractivity contribution in [1.82, 2.24) is 19.5 Å². The summed E-state index contributed by atoms with van der Waals surface area (Å²) in [5.74, 6) is 0. The summed E-state index contributed by atoms with van der Waals surface area (Å²) in [5.41, 5.74) is 3.96. The molecule has 2 unspecified atom stereocenters. The molecule has 0 saturated carbocycles. The van der Waals surface area contributed by atoms with Gasteiger partial charge in [-0.15, -0.1) is 0 Å². The minimum atomic E-state index is -0.296. The molecule has 1 fully saturated rings. The van der Waals surface area contributed by atoms with Gasteiger partial charge in [-0.2, -0.15) is 5.10 Å². The lowest BCUT2D eigenvalue weighted by atomic mass is 9.91. The Balaban J connectivity index is 1.38. The number of hydrogen-bond acceptors (Lipinski definition) is 5. The highest BCUT2D eigenvalue weighted by Crippen LogP contribution is 2.34. The van der Waals surface area contributed by atoms with Gasteiger partial charge in [0.1, 0.15) is 6.61 Å². The molecule has 0 aliphatic carbocycles. The van der Waals surface area contributed by atoms with Crippen LogP contribution in [0, 0.1) is 0 Å². The minimum Gasteiger partial charge on any atom is -0.445 e. The van der Waals surface area contributed by atoms with E-state index in [1.54, 1.807) is 10.7 Å². The molecule has 4 heterocycles. The summed E-state index contributed by atoms with van der Waals surface area (Å²) in [4.78, 5) is 19.0. The Hall–Kier alpha value is -3.19. The Morgan fingerprint density at radius 1 is 1.21 bits per heavy atom. The molecular weight excluding hydrogens is 356 g/mol. The lowest BCUT2D eigenvalue weighted by Gasteiger charge is -2.43. The normalized spacial score (nSPS) is 21.4. The number of carbonyl (C=O) groups excluding carboxylic acids is 1. The van der Waals surface area contributed by atoms with Crippen LogP contribution in [0.4, 0.5) is 4.79 Å². The molecule has 0 spiro atoms. The second kappa shape index (κ2) is 7.09. The van der Waals surface area contributed by atoms with E-state index in [9.17, 15) is 4.79 Å². The van der Waals surface area contributed by atoms with Crippen LogP contribution >= 0.6 is 0 Å². The molecule has 1 aromatic carbocycles. The quantitative estimate of drug-likeness (QED) is 0.703. The van der Waals surface area contributed by atoms with Crippen molar-refractivity contribution in [2.24, 2.45) is 0 Å². The van der Waals surface area contributed by atoms with E-state index in [1.807, 2.05) is 53.7 Å². The fraction of sp³-hybridized carbons (Fsp3) is 0.286. The van der Waals surface area contributed by atoms with Crippen LogP contribution in [-0.4, -0.2) is 50.9 Å². The second-order valence-corrected chi connectivity index (χ2v) is 7.05. The monoisotopic (exact) mass is 376 g/mol. The van der Waals surface area contributed by atoms with Crippen LogP contribution in [0.3, 0.4) is 0 Å². The number of carbonyl (C=O) groups is 1. The van der Waals surface area contributed by atoms with Crippen LogP contribution in [0.2, 0.25) is 0 Å². The van der Waals surface area contributed by atoms with Gasteiger partial charge in [0.2, 0.25) is 0 Å². The fourth-order valence-corrected chi connectivity index (χ4v) is 3.93. The smallest absolute Gasteiger partial charge is 0.411 e. The molecule has 0 N–H and O–H groups in total. The SMILES string of the molecule is O=C(OCc1ccccc1)N1C2C=C(c3cnn4cccnc34)CC1COC2. The molecule has 142 valence electrons. The molecule has 2 aromatic heterocycles. The van der Waals surface area contributed by atoms with Crippen LogP contribution in [-0.2, 0) is 16.1 Å². The Bertz CT molecular complexity index is 1030. The summed E-state index contributed by atoms with van der Waals surface area (Å²) < 4.78 is 13.0. The summed E-state index contributed by atoms with van der Waals surface area (Å²) in [7, 11) is 0. The molecule has 7 heteroatoms. The Morgan fingerprint density at radius 3 is 2.96 bits per heavy atom. The average molecular weight is 376 g/mol. The molecule has 28 heavy (non-hydrogen) atoms. The maximum Gasteiger partial charge on any atom is 0.411 e. The fourth-order valence-electron chi connectivity index (χ4n) is 3.93. The molecule has 2 aliphatic rings. The first-order chi connectivity index (χ1) is 13.8. The predicted molar refractivity (Wildman–Crippen MR) is 102 cm³/mol. The highest BCUT2D eigenvalue weighted by Gasteiger charge is 2.39. The highest BCUT2D eigenvalue weighted by atomic mass is 16.6. The molecule has 2 bridgehead atoms. The number of ether oxygens (including phenoxy) is 2. The van der Waals surface area contributed by atoms with Crippen molar-refractivity contribution >= 4 is 17.3 Å². The predicted octanol–water partition coefficient (Wildman–Crippen LogP) is 2.92. The number of nitrogens with zero attached hydrogens (tertiary/aromatic N) is 4. The summed E-state index contributed by atoms with van der Waals surface area (Å²) in [6.45, 7) is 1.24. The van der Waals surface area contributed by atoms with Gasteiger partial charge in [0.15, 0.2) is 5.65 Å². The zero-order chi connectivity index (χ0) is 18.9. The van der Waals surface area contributed by atoms with Gasteiger partial charge >= 0.3 is 6.09 Å². The van der Waals surface area contributed by atoms with Crippen LogP contribution < -0.4 is 0 Å². The molecule has 7 nitrogen and oxygen atoms in total. The summed E-state index contributed by atoms with van der Waals surface area (Å²) in [6, 6.07) is 11.4. The lowest BCUT2D eigenvalue weighted by Crippen LogP contribution is -2.56. The first kappa shape index (κ1) is 16.9. The Kier molecular flexibility index (Phi) is 4.29. The largest absolute Gasteiger partial charge is 0.445 e. The lowest BCUT2D eigenvalue weighted by molar-refractivity contribution is -0.0342. The first-order valence-corrected chi connectivity index (χ1v) is 9.36. The van der Waals surface area contributed by atoms with Crippen LogP contribution in [0.25, 0.3) is 11.2 Å². The van der Waals surface area contributed by atoms with Crippen molar-refractivity contribution in [3.8, 4) is 0 Å². The molecule has 3 aromatic rings. The van der Waals surface area contributed by atoms with E-state index in [-0.39, 0.29) is 24.8 Å². The number of benzene rings is 1. The van der Waals surface area contributed by atoms with Gasteiger partial charge in [0.25, 0.3) is 0 Å². The van der Waals surface area contributed by atoms with E-state index in [0.717, 1.165) is 22.3 Å². The van der Waals surface area contributed by atoms with Crippen molar-refractivity contribution < 1.29 is 14.3 Å². The zero-order valence-electron chi connectivity index (χ0n) is 15.3. The summed E-state index contributed by atoms with van der Waals surface area (Å²) >= 11 is 0. The first-order valence-electron chi connectivity index (χ1n) is 9.36. The molecule has 0 radical (unpaired) electrons. The molecule has 1 saturated heterocycles. The van der Waals surface area contributed by atoms with E-state index in [0.29, 0.717) is 19.6 Å². The van der Waals surface area contributed by atoms with Gasteiger partial charge < -0.3 is 9.47 Å². The van der Waals surface area contributed by atoms with Gasteiger partial charge in [-0.1, -0.05) is 36.4 Å². The summed E-state index contributed by atoms with van der Waals surface area (Å²) in [5, 5.41) is 4.38. The second-order valence-electron chi connectivity index (χ2n) is 7.05. The van der Waals surface area contributed by atoms with Gasteiger partial charge in [0, 0.05) is 18.0 Å². The number of rotatable bonds is 3. The third-order valence-electron chi connectivity index (χ3n) is 5.24. The summed E-state index contributed by atoms with van der Waals surface area (Å²) in [6.07, 6.45) is 7.97.